The maximum atomic E-state index is 13.8. The first-order chi connectivity index (χ1) is 10.8. The molecule has 4 nitrogen and oxygen atoms in total. The van der Waals surface area contributed by atoms with Crippen molar-refractivity contribution >= 4 is 0 Å². The average Bonchev–Trinajstić information content (AvgIpc) is 2.48. The predicted molar refractivity (Wildman–Crippen MR) is 74.5 cm³/mol. The first-order valence-electron chi connectivity index (χ1n) is 6.70. The molecule has 0 aliphatic carbocycles. The van der Waals surface area contributed by atoms with E-state index in [2.05, 4.69) is 9.72 Å². The minimum atomic E-state index is -4.96. The quantitative estimate of drug-likeness (QED) is 0.852. The van der Waals surface area contributed by atoms with Gasteiger partial charge in [-0.15, -0.1) is 13.2 Å². The van der Waals surface area contributed by atoms with E-state index in [4.69, 9.17) is 10.5 Å². The number of hydrogen-bond acceptors (Lipinski definition) is 4. The fourth-order valence-electron chi connectivity index (χ4n) is 1.99. The van der Waals surface area contributed by atoms with Crippen molar-refractivity contribution in [3.8, 4) is 11.5 Å². The maximum Gasteiger partial charge on any atom is 0.573 e. The summed E-state index contributed by atoms with van der Waals surface area (Å²) >= 11 is 0. The second-order valence-electron chi connectivity index (χ2n) is 4.54. The Balaban J connectivity index is 2.30. The highest BCUT2D eigenvalue weighted by Gasteiger charge is 2.32. The highest BCUT2D eigenvalue weighted by molar-refractivity contribution is 5.39. The highest BCUT2D eigenvalue weighted by Crippen LogP contribution is 2.31. The van der Waals surface area contributed by atoms with Gasteiger partial charge in [-0.05, 0) is 36.8 Å². The summed E-state index contributed by atoms with van der Waals surface area (Å²) in [5.41, 5.74) is 6.63. The fraction of sp³-hybridized carbons (Fsp3) is 0.267. The molecule has 0 bridgehead atoms. The third-order valence-electron chi connectivity index (χ3n) is 2.93. The Morgan fingerprint density at radius 3 is 2.57 bits per heavy atom. The summed E-state index contributed by atoms with van der Waals surface area (Å²) in [4.78, 5) is 4.10. The van der Waals surface area contributed by atoms with E-state index in [1.54, 1.807) is 19.1 Å². The third-order valence-corrected chi connectivity index (χ3v) is 2.93. The number of benzene rings is 1. The monoisotopic (exact) mass is 330 g/mol. The molecule has 0 aliphatic rings. The average molecular weight is 330 g/mol. The van der Waals surface area contributed by atoms with Gasteiger partial charge in [0.15, 0.2) is 11.6 Å². The molecule has 124 valence electrons. The highest BCUT2D eigenvalue weighted by atomic mass is 19.4. The van der Waals surface area contributed by atoms with Crippen LogP contribution in [0.15, 0.2) is 36.5 Å². The molecule has 23 heavy (non-hydrogen) atoms. The number of nitrogens with zero attached hydrogens (tertiary/aromatic N) is 1. The van der Waals surface area contributed by atoms with E-state index >= 15 is 0 Å². The molecule has 0 amide bonds. The number of hydrogen-bond donors (Lipinski definition) is 1. The van der Waals surface area contributed by atoms with Crippen LogP contribution in [-0.2, 0) is 0 Å². The van der Waals surface area contributed by atoms with Crippen molar-refractivity contribution < 1.29 is 27.0 Å². The van der Waals surface area contributed by atoms with Crippen LogP contribution in [0.4, 0.5) is 17.6 Å². The van der Waals surface area contributed by atoms with Crippen molar-refractivity contribution in [2.75, 3.05) is 6.61 Å². The Hall–Kier alpha value is -2.35. The molecule has 1 aromatic heterocycles. The van der Waals surface area contributed by atoms with Crippen molar-refractivity contribution in [1.29, 1.82) is 0 Å². The number of halogens is 4. The van der Waals surface area contributed by atoms with E-state index in [0.29, 0.717) is 18.1 Å². The summed E-state index contributed by atoms with van der Waals surface area (Å²) in [6.07, 6.45) is -3.47. The topological polar surface area (TPSA) is 57.4 Å². The number of rotatable bonds is 5. The summed E-state index contributed by atoms with van der Waals surface area (Å²) in [7, 11) is 0. The van der Waals surface area contributed by atoms with E-state index in [9.17, 15) is 17.6 Å². The van der Waals surface area contributed by atoms with Gasteiger partial charge in [-0.1, -0.05) is 6.07 Å². The molecule has 0 fully saturated rings. The van der Waals surface area contributed by atoms with Crippen LogP contribution in [0.2, 0.25) is 0 Å². The first kappa shape index (κ1) is 17.0. The molecule has 0 radical (unpaired) electrons. The van der Waals surface area contributed by atoms with Gasteiger partial charge in [0.1, 0.15) is 11.4 Å². The van der Waals surface area contributed by atoms with Crippen LogP contribution in [0.1, 0.15) is 24.2 Å². The molecule has 0 spiro atoms. The van der Waals surface area contributed by atoms with Gasteiger partial charge in [0.25, 0.3) is 0 Å². The molecule has 0 saturated carbocycles. The molecule has 0 aliphatic heterocycles. The Morgan fingerprint density at radius 1 is 1.22 bits per heavy atom. The van der Waals surface area contributed by atoms with Crippen molar-refractivity contribution in [2.45, 2.75) is 19.3 Å². The van der Waals surface area contributed by atoms with Crippen LogP contribution >= 0.6 is 0 Å². The van der Waals surface area contributed by atoms with Gasteiger partial charge in [0.2, 0.25) is 0 Å². The van der Waals surface area contributed by atoms with E-state index in [1.807, 2.05) is 0 Å². The van der Waals surface area contributed by atoms with Crippen LogP contribution in [0.5, 0.6) is 11.5 Å². The zero-order valence-corrected chi connectivity index (χ0v) is 12.1. The molecular formula is C15H14F4N2O2. The first-order valence-corrected chi connectivity index (χ1v) is 6.70. The summed E-state index contributed by atoms with van der Waals surface area (Å²) in [5, 5.41) is 0. The smallest absolute Gasteiger partial charge is 0.492 e. The molecular weight excluding hydrogens is 316 g/mol. The fourth-order valence-corrected chi connectivity index (χ4v) is 1.99. The van der Waals surface area contributed by atoms with E-state index in [1.165, 1.54) is 12.3 Å². The molecule has 2 rings (SSSR count). The standard InChI is InChI=1S/C15H14F4N2O2/c1-2-22-12-4-3-7-21-14(12)13(20)9-5-6-11(10(16)8-9)23-15(17,18)19/h3-8,13H,2,20H2,1H3. The minimum absolute atomic E-state index is 0.247. The molecule has 2 aromatic rings. The lowest BCUT2D eigenvalue weighted by Crippen LogP contribution is -2.19. The molecule has 1 aromatic carbocycles. The van der Waals surface area contributed by atoms with Crippen LogP contribution < -0.4 is 15.2 Å². The number of pyridine rings is 1. The summed E-state index contributed by atoms with van der Waals surface area (Å²) in [6, 6.07) is 5.47. The van der Waals surface area contributed by atoms with Crippen LogP contribution in [0, 0.1) is 5.82 Å². The number of nitrogens with two attached hydrogens (primary N) is 1. The summed E-state index contributed by atoms with van der Waals surface area (Å²) < 4.78 is 59.2. The Bertz CT molecular complexity index is 677. The maximum absolute atomic E-state index is 13.8. The second-order valence-corrected chi connectivity index (χ2v) is 4.54. The summed E-state index contributed by atoms with van der Waals surface area (Å²) in [5.74, 6) is -1.65. The summed E-state index contributed by atoms with van der Waals surface area (Å²) in [6.45, 7) is 2.17. The largest absolute Gasteiger partial charge is 0.573 e. The van der Waals surface area contributed by atoms with Crippen LogP contribution in [0.3, 0.4) is 0 Å². The van der Waals surface area contributed by atoms with Crippen LogP contribution in [0.25, 0.3) is 0 Å². The predicted octanol–water partition coefficient (Wildman–Crippen LogP) is 3.57. The van der Waals surface area contributed by atoms with Gasteiger partial charge >= 0.3 is 6.36 Å². The zero-order chi connectivity index (χ0) is 17.0. The van der Waals surface area contributed by atoms with Gasteiger partial charge in [-0.25, -0.2) is 4.39 Å². The lowest BCUT2D eigenvalue weighted by molar-refractivity contribution is -0.275. The van der Waals surface area contributed by atoms with Crippen molar-refractivity contribution in [2.24, 2.45) is 5.73 Å². The van der Waals surface area contributed by atoms with Gasteiger partial charge < -0.3 is 15.2 Å². The van der Waals surface area contributed by atoms with Crippen molar-refractivity contribution in [3.05, 3.63) is 53.6 Å². The number of aromatic nitrogens is 1. The number of ether oxygens (including phenoxy) is 2. The second kappa shape index (κ2) is 6.82. The molecule has 0 saturated heterocycles. The lowest BCUT2D eigenvalue weighted by Gasteiger charge is -2.17. The number of alkyl halides is 3. The van der Waals surface area contributed by atoms with Gasteiger partial charge in [-0.3, -0.25) is 4.98 Å². The Labute approximate surface area is 129 Å². The minimum Gasteiger partial charge on any atom is -0.492 e. The van der Waals surface area contributed by atoms with Gasteiger partial charge in [0, 0.05) is 6.20 Å². The normalized spacial score (nSPS) is 12.8. The van der Waals surface area contributed by atoms with Crippen molar-refractivity contribution in [1.82, 2.24) is 4.98 Å². The SMILES string of the molecule is CCOc1cccnc1C(N)c1ccc(OC(F)(F)F)c(F)c1. The molecule has 1 unspecified atom stereocenters. The van der Waals surface area contributed by atoms with E-state index in [-0.39, 0.29) is 5.56 Å². The molecule has 1 atom stereocenters. The molecule has 8 heteroatoms. The lowest BCUT2D eigenvalue weighted by atomic mass is 10.0. The van der Waals surface area contributed by atoms with E-state index < -0.39 is 24.0 Å². The van der Waals surface area contributed by atoms with Crippen molar-refractivity contribution in [3.63, 3.8) is 0 Å². The van der Waals surface area contributed by atoms with E-state index in [0.717, 1.165) is 12.1 Å². The van der Waals surface area contributed by atoms with Gasteiger partial charge in [0.05, 0.1) is 12.6 Å². The molecule has 2 N–H and O–H groups in total. The molecule has 1 heterocycles. The zero-order valence-electron chi connectivity index (χ0n) is 12.1. The Kier molecular flexibility index (Phi) is 5.05. The third kappa shape index (κ3) is 4.32. The Morgan fingerprint density at radius 2 is 1.96 bits per heavy atom. The van der Waals surface area contributed by atoms with Crippen LogP contribution in [-0.4, -0.2) is 18.0 Å². The van der Waals surface area contributed by atoms with Gasteiger partial charge in [-0.2, -0.15) is 0 Å².